The number of carboxylic acid groups (broad SMARTS) is 1. The maximum Gasteiger partial charge on any atom is 0.306 e. The first-order chi connectivity index (χ1) is 8.97. The van der Waals surface area contributed by atoms with E-state index in [0.29, 0.717) is 12.8 Å². The molecular formula is C14H25NO3S. The lowest BCUT2D eigenvalue weighted by Gasteiger charge is -2.32. The van der Waals surface area contributed by atoms with Crippen LogP contribution in [0.25, 0.3) is 0 Å². The van der Waals surface area contributed by atoms with E-state index in [4.69, 9.17) is 5.11 Å². The summed E-state index contributed by atoms with van der Waals surface area (Å²) < 4.78 is 0. The molecule has 0 bridgehead atoms. The third-order valence-electron chi connectivity index (χ3n) is 4.12. The van der Waals surface area contributed by atoms with Gasteiger partial charge in [0.15, 0.2) is 0 Å². The molecule has 1 N–H and O–H groups in total. The number of carbonyl (C=O) groups excluding carboxylic acids is 1. The van der Waals surface area contributed by atoms with Gasteiger partial charge in [-0.1, -0.05) is 6.42 Å². The number of hydrogen-bond donors (Lipinski definition) is 1. The first-order valence-corrected chi connectivity index (χ1v) is 8.35. The Hall–Kier alpha value is -0.710. The van der Waals surface area contributed by atoms with Crippen molar-refractivity contribution < 1.29 is 14.7 Å². The first-order valence-electron chi connectivity index (χ1n) is 6.95. The molecule has 4 nitrogen and oxygen atoms in total. The largest absolute Gasteiger partial charge is 0.481 e. The van der Waals surface area contributed by atoms with Crippen LogP contribution in [0.4, 0.5) is 0 Å². The van der Waals surface area contributed by atoms with Crippen LogP contribution >= 0.6 is 11.8 Å². The van der Waals surface area contributed by atoms with Crippen LogP contribution in [0.15, 0.2) is 0 Å². The minimum absolute atomic E-state index is 0.100. The fourth-order valence-electron chi connectivity index (χ4n) is 2.63. The maximum absolute atomic E-state index is 12.4. The smallest absolute Gasteiger partial charge is 0.306 e. The summed E-state index contributed by atoms with van der Waals surface area (Å²) >= 11 is 1.78. The van der Waals surface area contributed by atoms with Crippen LogP contribution in [0, 0.1) is 11.8 Å². The Balaban J connectivity index is 2.53. The molecule has 110 valence electrons. The van der Waals surface area contributed by atoms with Crippen molar-refractivity contribution in [2.75, 3.05) is 19.1 Å². The summed E-state index contributed by atoms with van der Waals surface area (Å²) in [6.07, 6.45) is 5.95. The highest BCUT2D eigenvalue weighted by Gasteiger charge is 2.33. The number of hydrogen-bond acceptors (Lipinski definition) is 3. The molecule has 0 heterocycles. The summed E-state index contributed by atoms with van der Waals surface area (Å²) in [6.45, 7) is 2.06. The van der Waals surface area contributed by atoms with Crippen LogP contribution in [-0.4, -0.2) is 47.0 Å². The summed E-state index contributed by atoms with van der Waals surface area (Å²) in [4.78, 5) is 25.2. The van der Waals surface area contributed by atoms with E-state index >= 15 is 0 Å². The molecule has 0 radical (unpaired) electrons. The SMILES string of the molecule is CSCCC(C)N(C)C(=O)C1CCCC(C(=O)O)C1. The Morgan fingerprint density at radius 3 is 2.58 bits per heavy atom. The third-order valence-corrected chi connectivity index (χ3v) is 4.77. The van der Waals surface area contributed by atoms with E-state index in [1.807, 2.05) is 11.9 Å². The summed E-state index contributed by atoms with van der Waals surface area (Å²) in [5.74, 6) is -0.0226. The van der Waals surface area contributed by atoms with Gasteiger partial charge in [0.25, 0.3) is 0 Å². The summed E-state index contributed by atoms with van der Waals surface area (Å²) in [7, 11) is 1.84. The molecule has 0 saturated heterocycles. The monoisotopic (exact) mass is 287 g/mol. The van der Waals surface area contributed by atoms with Crippen molar-refractivity contribution in [2.45, 2.75) is 45.1 Å². The lowest BCUT2D eigenvalue weighted by atomic mass is 9.80. The number of rotatable bonds is 6. The van der Waals surface area contributed by atoms with E-state index in [9.17, 15) is 9.59 Å². The van der Waals surface area contributed by atoms with Crippen LogP contribution in [0.1, 0.15) is 39.0 Å². The molecule has 1 rings (SSSR count). The molecule has 0 aromatic carbocycles. The number of thioether (sulfide) groups is 1. The van der Waals surface area contributed by atoms with Gasteiger partial charge in [0, 0.05) is 19.0 Å². The van der Waals surface area contributed by atoms with Gasteiger partial charge in [-0.2, -0.15) is 11.8 Å². The number of nitrogens with zero attached hydrogens (tertiary/aromatic N) is 1. The molecule has 5 heteroatoms. The molecule has 1 saturated carbocycles. The van der Waals surface area contributed by atoms with Gasteiger partial charge in [-0.05, 0) is 44.6 Å². The highest BCUT2D eigenvalue weighted by Crippen LogP contribution is 2.30. The summed E-state index contributed by atoms with van der Waals surface area (Å²) in [6, 6.07) is 0.227. The fraction of sp³-hybridized carbons (Fsp3) is 0.857. The molecule has 3 atom stereocenters. The molecule has 3 unspecified atom stereocenters. The minimum atomic E-state index is -0.754. The molecule has 1 aliphatic rings. The van der Waals surface area contributed by atoms with Crippen molar-refractivity contribution in [2.24, 2.45) is 11.8 Å². The van der Waals surface area contributed by atoms with Crippen molar-refractivity contribution in [1.29, 1.82) is 0 Å². The predicted molar refractivity (Wildman–Crippen MR) is 78.3 cm³/mol. The van der Waals surface area contributed by atoms with Gasteiger partial charge in [0.1, 0.15) is 0 Å². The Bertz CT molecular complexity index is 322. The predicted octanol–water partition coefficient (Wildman–Crippen LogP) is 2.48. The van der Waals surface area contributed by atoms with Gasteiger partial charge >= 0.3 is 5.97 Å². The van der Waals surface area contributed by atoms with Crippen LogP contribution < -0.4 is 0 Å². The molecule has 19 heavy (non-hydrogen) atoms. The molecule has 0 aromatic heterocycles. The molecule has 1 amide bonds. The average Bonchev–Trinajstić information content (AvgIpc) is 2.43. The lowest BCUT2D eigenvalue weighted by molar-refractivity contribution is -0.145. The van der Waals surface area contributed by atoms with Crippen molar-refractivity contribution >= 4 is 23.6 Å². The molecule has 1 fully saturated rings. The van der Waals surface area contributed by atoms with Crippen LogP contribution in [0.5, 0.6) is 0 Å². The topological polar surface area (TPSA) is 57.6 Å². The van der Waals surface area contributed by atoms with Gasteiger partial charge in [-0.15, -0.1) is 0 Å². The number of carboxylic acids is 1. The molecule has 0 spiro atoms. The Kier molecular flexibility index (Phi) is 6.69. The first kappa shape index (κ1) is 16.3. The molecule has 0 aromatic rings. The number of carbonyl (C=O) groups is 2. The van der Waals surface area contributed by atoms with Gasteiger partial charge in [-0.3, -0.25) is 9.59 Å². The second-order valence-electron chi connectivity index (χ2n) is 5.48. The van der Waals surface area contributed by atoms with Crippen molar-refractivity contribution in [3.63, 3.8) is 0 Å². The third kappa shape index (κ3) is 4.71. The molecule has 0 aliphatic heterocycles. The van der Waals surface area contributed by atoms with Gasteiger partial charge in [-0.25, -0.2) is 0 Å². The number of amides is 1. The summed E-state index contributed by atoms with van der Waals surface area (Å²) in [5.41, 5.74) is 0. The zero-order chi connectivity index (χ0) is 14.4. The fourth-order valence-corrected chi connectivity index (χ4v) is 3.20. The van der Waals surface area contributed by atoms with Crippen LogP contribution in [0.3, 0.4) is 0 Å². The van der Waals surface area contributed by atoms with E-state index < -0.39 is 5.97 Å². The van der Waals surface area contributed by atoms with Crippen LogP contribution in [0.2, 0.25) is 0 Å². The summed E-state index contributed by atoms with van der Waals surface area (Å²) in [5, 5.41) is 9.07. The second-order valence-corrected chi connectivity index (χ2v) is 6.46. The van der Waals surface area contributed by atoms with Crippen molar-refractivity contribution in [3.8, 4) is 0 Å². The van der Waals surface area contributed by atoms with E-state index in [0.717, 1.165) is 25.0 Å². The standard InChI is InChI=1S/C14H25NO3S/c1-10(7-8-19-3)15(2)13(16)11-5-4-6-12(9-11)14(17)18/h10-12H,4-9H2,1-3H3,(H,17,18). The number of aliphatic carboxylic acids is 1. The normalized spacial score (nSPS) is 24.8. The highest BCUT2D eigenvalue weighted by atomic mass is 32.2. The van der Waals surface area contributed by atoms with E-state index in [-0.39, 0.29) is 23.8 Å². The van der Waals surface area contributed by atoms with E-state index in [1.165, 1.54) is 0 Å². The Morgan fingerprint density at radius 2 is 2.00 bits per heavy atom. The molecular weight excluding hydrogens is 262 g/mol. The van der Waals surface area contributed by atoms with Crippen LogP contribution in [-0.2, 0) is 9.59 Å². The van der Waals surface area contributed by atoms with Gasteiger partial charge in [0.05, 0.1) is 5.92 Å². The van der Waals surface area contributed by atoms with E-state index in [1.54, 1.807) is 11.8 Å². The zero-order valence-corrected chi connectivity index (χ0v) is 12.9. The minimum Gasteiger partial charge on any atom is -0.481 e. The van der Waals surface area contributed by atoms with Crippen molar-refractivity contribution in [3.05, 3.63) is 0 Å². The Morgan fingerprint density at radius 1 is 1.37 bits per heavy atom. The maximum atomic E-state index is 12.4. The quantitative estimate of drug-likeness (QED) is 0.815. The van der Waals surface area contributed by atoms with Gasteiger partial charge < -0.3 is 10.0 Å². The average molecular weight is 287 g/mol. The second kappa shape index (κ2) is 7.78. The van der Waals surface area contributed by atoms with Crippen molar-refractivity contribution in [1.82, 2.24) is 4.90 Å². The Labute approximate surface area is 119 Å². The lowest BCUT2D eigenvalue weighted by Crippen LogP contribution is -2.41. The van der Waals surface area contributed by atoms with E-state index in [2.05, 4.69) is 13.2 Å². The zero-order valence-electron chi connectivity index (χ0n) is 12.1. The highest BCUT2D eigenvalue weighted by molar-refractivity contribution is 7.98. The molecule has 1 aliphatic carbocycles. The van der Waals surface area contributed by atoms with Gasteiger partial charge in [0.2, 0.25) is 5.91 Å².